The molecule has 1 N–H and O–H groups in total. The molecule has 0 radical (unpaired) electrons. The topological polar surface area (TPSA) is 71.3 Å². The van der Waals surface area contributed by atoms with Crippen molar-refractivity contribution in [3.63, 3.8) is 0 Å². The molecule has 1 unspecified atom stereocenters. The normalized spacial score (nSPS) is 16.9. The zero-order valence-electron chi connectivity index (χ0n) is 17.4. The van der Waals surface area contributed by atoms with Crippen LogP contribution in [0.1, 0.15) is 35.3 Å². The number of aryl methyl sites for hydroxylation is 3. The van der Waals surface area contributed by atoms with Crippen molar-refractivity contribution in [2.45, 2.75) is 40.0 Å². The van der Waals surface area contributed by atoms with E-state index in [2.05, 4.69) is 51.4 Å². The first kappa shape index (κ1) is 19.4. The van der Waals surface area contributed by atoms with Crippen molar-refractivity contribution >= 4 is 22.8 Å². The third-order valence-corrected chi connectivity index (χ3v) is 5.87. The lowest BCUT2D eigenvalue weighted by Crippen LogP contribution is -2.43. The van der Waals surface area contributed by atoms with Crippen LogP contribution >= 0.6 is 0 Å². The molecule has 6 heteroatoms. The van der Waals surface area contributed by atoms with Gasteiger partial charge in [0.25, 0.3) is 0 Å². The lowest BCUT2D eigenvalue weighted by Gasteiger charge is -2.33. The van der Waals surface area contributed by atoms with Gasteiger partial charge in [-0.05, 0) is 45.6 Å². The number of hydrogen-bond acceptors (Lipinski definition) is 5. The van der Waals surface area contributed by atoms with Crippen molar-refractivity contribution < 1.29 is 9.21 Å². The Hall–Kier alpha value is -2.89. The Labute approximate surface area is 171 Å². The highest BCUT2D eigenvalue weighted by molar-refractivity contribution is 5.90. The van der Waals surface area contributed by atoms with Gasteiger partial charge in [-0.15, -0.1) is 0 Å². The maximum absolute atomic E-state index is 12.8. The number of carbonyl (C=O) groups excluding carboxylic acids is 1. The fourth-order valence-corrected chi connectivity index (χ4v) is 4.02. The van der Waals surface area contributed by atoms with E-state index in [-0.39, 0.29) is 11.8 Å². The Bertz CT molecular complexity index is 1010. The summed E-state index contributed by atoms with van der Waals surface area (Å²) in [5, 5.41) is 4.09. The first-order valence-electron chi connectivity index (χ1n) is 10.3. The molecule has 0 saturated carbocycles. The average molecular weight is 393 g/mol. The minimum atomic E-state index is -0.0277. The lowest BCUT2D eigenvalue weighted by molar-refractivity contribution is -0.125. The fourth-order valence-electron chi connectivity index (χ4n) is 4.02. The standard InChI is InChI=1S/C23H28N4O2/c1-15-6-8-18(9-7-15)10-11-24-22(28)19-5-4-12-27(13-19)21-20-16(2)17(3)29-23(20)26-14-25-21/h6-9,14,19H,4-5,10-13H2,1-3H3,(H,24,28). The Kier molecular flexibility index (Phi) is 5.51. The van der Waals surface area contributed by atoms with Gasteiger partial charge in [0.1, 0.15) is 17.9 Å². The molecule has 4 rings (SSSR count). The third-order valence-electron chi connectivity index (χ3n) is 5.87. The molecule has 0 spiro atoms. The molecule has 29 heavy (non-hydrogen) atoms. The number of furan rings is 1. The second-order valence-corrected chi connectivity index (χ2v) is 7.97. The second kappa shape index (κ2) is 8.23. The van der Waals surface area contributed by atoms with E-state index >= 15 is 0 Å². The van der Waals surface area contributed by atoms with Crippen molar-refractivity contribution in [3.8, 4) is 0 Å². The lowest BCUT2D eigenvalue weighted by atomic mass is 9.96. The molecule has 1 saturated heterocycles. The molecule has 2 aromatic heterocycles. The summed E-state index contributed by atoms with van der Waals surface area (Å²) in [6, 6.07) is 8.47. The minimum Gasteiger partial charge on any atom is -0.443 e. The van der Waals surface area contributed by atoms with Crippen LogP contribution in [0, 0.1) is 26.7 Å². The molecule has 1 atom stereocenters. The van der Waals surface area contributed by atoms with E-state index in [0.29, 0.717) is 18.8 Å². The van der Waals surface area contributed by atoms with E-state index in [1.54, 1.807) is 6.33 Å². The summed E-state index contributed by atoms with van der Waals surface area (Å²) in [7, 11) is 0. The number of fused-ring (bicyclic) bond motifs is 1. The van der Waals surface area contributed by atoms with Gasteiger partial charge in [-0.25, -0.2) is 9.97 Å². The van der Waals surface area contributed by atoms with Gasteiger partial charge in [0.2, 0.25) is 11.6 Å². The van der Waals surface area contributed by atoms with Crippen LogP contribution in [0.5, 0.6) is 0 Å². The van der Waals surface area contributed by atoms with Crippen molar-refractivity contribution in [2.75, 3.05) is 24.5 Å². The molecular weight excluding hydrogens is 364 g/mol. The van der Waals surface area contributed by atoms with Gasteiger partial charge in [0.05, 0.1) is 11.3 Å². The number of anilines is 1. The van der Waals surface area contributed by atoms with Gasteiger partial charge in [-0.3, -0.25) is 4.79 Å². The Balaban J connectivity index is 1.40. The van der Waals surface area contributed by atoms with Crippen LogP contribution in [0.15, 0.2) is 35.0 Å². The molecule has 0 aliphatic carbocycles. The van der Waals surface area contributed by atoms with Gasteiger partial charge in [-0.1, -0.05) is 29.8 Å². The van der Waals surface area contributed by atoms with Crippen LogP contribution in [0.4, 0.5) is 5.82 Å². The highest BCUT2D eigenvalue weighted by atomic mass is 16.3. The van der Waals surface area contributed by atoms with E-state index in [1.807, 2.05) is 13.8 Å². The average Bonchev–Trinajstić information content (AvgIpc) is 3.03. The summed E-state index contributed by atoms with van der Waals surface area (Å²) < 4.78 is 5.75. The number of carbonyl (C=O) groups is 1. The first-order chi connectivity index (χ1) is 14.0. The SMILES string of the molecule is Cc1ccc(CCNC(=O)C2CCCN(c3ncnc4oc(C)c(C)c34)C2)cc1. The van der Waals surface area contributed by atoms with Crippen molar-refractivity contribution in [3.05, 3.63) is 53.0 Å². The Morgan fingerprint density at radius 1 is 1.21 bits per heavy atom. The zero-order valence-corrected chi connectivity index (χ0v) is 17.4. The van der Waals surface area contributed by atoms with Gasteiger partial charge in [-0.2, -0.15) is 0 Å². The predicted molar refractivity (Wildman–Crippen MR) is 114 cm³/mol. The molecule has 6 nitrogen and oxygen atoms in total. The molecule has 3 aromatic rings. The van der Waals surface area contributed by atoms with Crippen LogP contribution < -0.4 is 10.2 Å². The molecule has 1 aromatic carbocycles. The van der Waals surface area contributed by atoms with E-state index in [4.69, 9.17) is 4.42 Å². The highest BCUT2D eigenvalue weighted by Crippen LogP contribution is 2.32. The molecular formula is C23H28N4O2. The van der Waals surface area contributed by atoms with Crippen LogP contribution in [-0.2, 0) is 11.2 Å². The van der Waals surface area contributed by atoms with Gasteiger partial charge in [0, 0.05) is 25.2 Å². The van der Waals surface area contributed by atoms with Gasteiger partial charge < -0.3 is 14.6 Å². The van der Waals surface area contributed by atoms with Crippen molar-refractivity contribution in [2.24, 2.45) is 5.92 Å². The molecule has 1 fully saturated rings. The number of hydrogen-bond donors (Lipinski definition) is 1. The van der Waals surface area contributed by atoms with Crippen molar-refractivity contribution in [1.29, 1.82) is 0 Å². The molecule has 0 bridgehead atoms. The van der Waals surface area contributed by atoms with Crippen LogP contribution in [0.3, 0.4) is 0 Å². The van der Waals surface area contributed by atoms with E-state index in [1.165, 1.54) is 11.1 Å². The molecule has 1 amide bonds. The number of nitrogens with zero attached hydrogens (tertiary/aromatic N) is 3. The summed E-state index contributed by atoms with van der Waals surface area (Å²) >= 11 is 0. The number of piperidine rings is 1. The quantitative estimate of drug-likeness (QED) is 0.716. The number of aromatic nitrogens is 2. The summed E-state index contributed by atoms with van der Waals surface area (Å²) in [5.74, 6) is 1.85. The summed E-state index contributed by atoms with van der Waals surface area (Å²) in [6.45, 7) is 8.29. The first-order valence-corrected chi connectivity index (χ1v) is 10.3. The maximum Gasteiger partial charge on any atom is 0.231 e. The zero-order chi connectivity index (χ0) is 20.4. The summed E-state index contributed by atoms with van der Waals surface area (Å²) in [6.07, 6.45) is 4.27. The summed E-state index contributed by atoms with van der Waals surface area (Å²) in [5.41, 5.74) is 4.19. The maximum atomic E-state index is 12.8. The monoisotopic (exact) mass is 392 g/mol. The van der Waals surface area contributed by atoms with E-state index in [0.717, 1.165) is 48.3 Å². The second-order valence-electron chi connectivity index (χ2n) is 7.97. The van der Waals surface area contributed by atoms with Crippen LogP contribution in [0.2, 0.25) is 0 Å². The molecule has 3 heterocycles. The smallest absolute Gasteiger partial charge is 0.231 e. The fraction of sp³-hybridized carbons (Fsp3) is 0.435. The van der Waals surface area contributed by atoms with E-state index < -0.39 is 0 Å². The number of amides is 1. The van der Waals surface area contributed by atoms with Gasteiger partial charge >= 0.3 is 0 Å². The third kappa shape index (κ3) is 4.11. The molecule has 1 aliphatic heterocycles. The largest absolute Gasteiger partial charge is 0.443 e. The van der Waals surface area contributed by atoms with E-state index in [9.17, 15) is 4.79 Å². The number of nitrogens with one attached hydrogen (secondary N) is 1. The Morgan fingerprint density at radius 3 is 2.79 bits per heavy atom. The highest BCUT2D eigenvalue weighted by Gasteiger charge is 2.28. The molecule has 1 aliphatic rings. The molecule has 152 valence electrons. The number of benzene rings is 1. The number of rotatable bonds is 5. The Morgan fingerprint density at radius 2 is 2.00 bits per heavy atom. The van der Waals surface area contributed by atoms with Crippen molar-refractivity contribution in [1.82, 2.24) is 15.3 Å². The summed E-state index contributed by atoms with van der Waals surface area (Å²) in [4.78, 5) is 23.8. The minimum absolute atomic E-state index is 0.0277. The van der Waals surface area contributed by atoms with Crippen LogP contribution in [0.25, 0.3) is 11.1 Å². The predicted octanol–water partition coefficient (Wildman–Crippen LogP) is 3.72. The van der Waals surface area contributed by atoms with Gasteiger partial charge in [0.15, 0.2) is 0 Å². The van der Waals surface area contributed by atoms with Crippen LogP contribution in [-0.4, -0.2) is 35.5 Å².